The van der Waals surface area contributed by atoms with Gasteiger partial charge >= 0.3 is 5.97 Å². The third-order valence-electron chi connectivity index (χ3n) is 5.23. The van der Waals surface area contributed by atoms with E-state index in [1.54, 1.807) is 24.3 Å². The zero-order valence-corrected chi connectivity index (χ0v) is 19.7. The Kier molecular flexibility index (Phi) is 8.04. The molecule has 6 nitrogen and oxygen atoms in total. The monoisotopic (exact) mass is 484 g/mol. The molecule has 1 atom stereocenters. The summed E-state index contributed by atoms with van der Waals surface area (Å²) in [6.45, 7) is -0.445. The molecule has 0 aliphatic rings. The summed E-state index contributed by atoms with van der Waals surface area (Å²) in [4.78, 5) is 38.9. The van der Waals surface area contributed by atoms with Gasteiger partial charge in [-0.3, -0.25) is 9.59 Å². The number of hydrogen-bond acceptors (Lipinski definition) is 5. The average Bonchev–Trinajstić information content (AvgIpc) is 3.42. The first-order chi connectivity index (χ1) is 17.1. The lowest BCUT2D eigenvalue weighted by Gasteiger charge is -2.18. The highest BCUT2D eigenvalue weighted by molar-refractivity contribution is 7.10. The van der Waals surface area contributed by atoms with Crippen LogP contribution in [0.1, 0.15) is 32.4 Å². The summed E-state index contributed by atoms with van der Waals surface area (Å²) < 4.78 is 5.29. The van der Waals surface area contributed by atoms with Crippen molar-refractivity contribution in [1.29, 1.82) is 0 Å². The van der Waals surface area contributed by atoms with Crippen molar-refractivity contribution < 1.29 is 19.1 Å². The van der Waals surface area contributed by atoms with E-state index in [0.717, 1.165) is 16.0 Å². The molecule has 4 aromatic rings. The van der Waals surface area contributed by atoms with Crippen molar-refractivity contribution in [1.82, 2.24) is 5.32 Å². The molecule has 0 saturated carbocycles. The predicted octanol–water partition coefficient (Wildman–Crippen LogP) is 4.99. The number of rotatable bonds is 9. The van der Waals surface area contributed by atoms with Crippen molar-refractivity contribution in [3.63, 3.8) is 0 Å². The summed E-state index contributed by atoms with van der Waals surface area (Å²) >= 11 is 1.53. The Labute approximate surface area is 207 Å². The fourth-order valence-electron chi connectivity index (χ4n) is 3.58. The van der Waals surface area contributed by atoms with Gasteiger partial charge in [0.15, 0.2) is 6.61 Å². The molecule has 176 valence electrons. The molecule has 35 heavy (non-hydrogen) atoms. The highest BCUT2D eigenvalue weighted by atomic mass is 32.1. The first-order valence-electron chi connectivity index (χ1n) is 11.1. The minimum Gasteiger partial charge on any atom is -0.452 e. The van der Waals surface area contributed by atoms with Crippen LogP contribution in [0.3, 0.4) is 0 Å². The summed E-state index contributed by atoms with van der Waals surface area (Å²) in [7, 11) is 0. The maximum absolute atomic E-state index is 12.7. The zero-order chi connectivity index (χ0) is 24.5. The standard InChI is InChI=1S/C28H24N2O4S/c31-25(18-20-10-3-1-4-11-20)29-23-15-8-7-14-22(23)28(33)34-19-26(32)30-27(24-16-9-17-35-24)21-12-5-2-6-13-21/h1-17,27H,18-19H2,(H,29,31)(H,30,32). The molecular formula is C28H24N2O4S. The van der Waals surface area contributed by atoms with Gasteiger partial charge in [-0.2, -0.15) is 0 Å². The normalized spacial score (nSPS) is 11.3. The predicted molar refractivity (Wildman–Crippen MR) is 136 cm³/mol. The van der Waals surface area contributed by atoms with E-state index in [0.29, 0.717) is 5.69 Å². The molecule has 1 aromatic heterocycles. The average molecular weight is 485 g/mol. The van der Waals surface area contributed by atoms with Crippen LogP contribution in [0, 0.1) is 0 Å². The molecule has 0 saturated heterocycles. The molecule has 0 spiro atoms. The Morgan fingerprint density at radius 2 is 1.46 bits per heavy atom. The van der Waals surface area contributed by atoms with Crippen molar-refractivity contribution in [2.75, 3.05) is 11.9 Å². The van der Waals surface area contributed by atoms with E-state index >= 15 is 0 Å². The van der Waals surface area contributed by atoms with Crippen LogP contribution in [0.2, 0.25) is 0 Å². The molecule has 4 rings (SSSR count). The Morgan fingerprint density at radius 3 is 2.17 bits per heavy atom. The fraction of sp³-hybridized carbons (Fsp3) is 0.107. The molecule has 0 fully saturated rings. The maximum Gasteiger partial charge on any atom is 0.340 e. The summed E-state index contributed by atoms with van der Waals surface area (Å²) in [5, 5.41) is 7.65. The Bertz CT molecular complexity index is 1270. The third-order valence-corrected chi connectivity index (χ3v) is 6.17. The van der Waals surface area contributed by atoms with E-state index in [1.165, 1.54) is 11.3 Å². The van der Waals surface area contributed by atoms with Gasteiger partial charge in [-0.05, 0) is 34.7 Å². The molecule has 2 N–H and O–H groups in total. The van der Waals surface area contributed by atoms with Crippen molar-refractivity contribution in [2.24, 2.45) is 0 Å². The molecule has 1 heterocycles. The number of hydrogen-bond donors (Lipinski definition) is 2. The number of anilines is 1. The van der Waals surface area contributed by atoms with Crippen LogP contribution >= 0.6 is 11.3 Å². The van der Waals surface area contributed by atoms with Crippen molar-refractivity contribution in [3.8, 4) is 0 Å². The summed E-state index contributed by atoms with van der Waals surface area (Å²) in [6, 6.07) is 29.0. The number of esters is 1. The van der Waals surface area contributed by atoms with Gasteiger partial charge in [0.2, 0.25) is 5.91 Å². The van der Waals surface area contributed by atoms with Crippen LogP contribution in [0.4, 0.5) is 5.69 Å². The van der Waals surface area contributed by atoms with Crippen molar-refractivity contribution in [3.05, 3.63) is 124 Å². The highest BCUT2D eigenvalue weighted by Crippen LogP contribution is 2.26. The SMILES string of the molecule is O=C(Cc1ccccc1)Nc1ccccc1C(=O)OCC(=O)NC(c1ccccc1)c1cccs1. The molecule has 0 aliphatic carbocycles. The van der Waals surface area contributed by atoms with Crippen molar-refractivity contribution >= 4 is 34.8 Å². The summed E-state index contributed by atoms with van der Waals surface area (Å²) in [5.41, 5.74) is 2.31. The van der Waals surface area contributed by atoms with E-state index in [9.17, 15) is 14.4 Å². The first-order valence-corrected chi connectivity index (χ1v) is 12.0. The molecule has 7 heteroatoms. The maximum atomic E-state index is 12.7. The minimum absolute atomic E-state index is 0.177. The number of ether oxygens (including phenoxy) is 1. The van der Waals surface area contributed by atoms with Gasteiger partial charge in [0.25, 0.3) is 5.91 Å². The minimum atomic E-state index is -0.692. The second kappa shape index (κ2) is 11.8. The largest absolute Gasteiger partial charge is 0.452 e. The molecule has 3 aromatic carbocycles. The number of carbonyl (C=O) groups is 3. The van der Waals surface area contributed by atoms with E-state index < -0.39 is 18.5 Å². The van der Waals surface area contributed by atoms with Crippen LogP contribution in [-0.4, -0.2) is 24.4 Å². The Hall–Kier alpha value is -4.23. The van der Waals surface area contributed by atoms with E-state index in [2.05, 4.69) is 10.6 Å². The topological polar surface area (TPSA) is 84.5 Å². The molecule has 1 unspecified atom stereocenters. The molecule has 0 radical (unpaired) electrons. The second-order valence-electron chi connectivity index (χ2n) is 7.76. The van der Waals surface area contributed by atoms with Gasteiger partial charge in [-0.1, -0.05) is 78.9 Å². The number of thiophene rings is 1. The van der Waals surface area contributed by atoms with Gasteiger partial charge < -0.3 is 15.4 Å². The van der Waals surface area contributed by atoms with Gasteiger partial charge in [0.05, 0.1) is 23.7 Å². The molecular weight excluding hydrogens is 460 g/mol. The lowest BCUT2D eigenvalue weighted by Crippen LogP contribution is -2.32. The first kappa shape index (κ1) is 23.9. The van der Waals surface area contributed by atoms with Gasteiger partial charge in [-0.15, -0.1) is 11.3 Å². The molecule has 0 aliphatic heterocycles. The van der Waals surface area contributed by atoms with E-state index in [4.69, 9.17) is 4.74 Å². The zero-order valence-electron chi connectivity index (χ0n) is 18.8. The van der Waals surface area contributed by atoms with E-state index in [-0.39, 0.29) is 23.9 Å². The lowest BCUT2D eigenvalue weighted by molar-refractivity contribution is -0.124. The highest BCUT2D eigenvalue weighted by Gasteiger charge is 2.20. The number of carbonyl (C=O) groups excluding carboxylic acids is 3. The van der Waals surface area contributed by atoms with Crippen LogP contribution in [0.5, 0.6) is 0 Å². The van der Waals surface area contributed by atoms with Gasteiger partial charge in [-0.25, -0.2) is 4.79 Å². The van der Waals surface area contributed by atoms with Crippen LogP contribution in [0.25, 0.3) is 0 Å². The van der Waals surface area contributed by atoms with Crippen molar-refractivity contribution in [2.45, 2.75) is 12.5 Å². The fourth-order valence-corrected chi connectivity index (χ4v) is 4.38. The quantitative estimate of drug-likeness (QED) is 0.328. The van der Waals surface area contributed by atoms with Crippen LogP contribution in [0.15, 0.2) is 102 Å². The Balaban J connectivity index is 1.37. The number of nitrogens with one attached hydrogen (secondary N) is 2. The number of para-hydroxylation sites is 1. The van der Waals surface area contributed by atoms with Gasteiger partial charge in [0, 0.05) is 4.88 Å². The van der Waals surface area contributed by atoms with Crippen LogP contribution in [-0.2, 0) is 20.7 Å². The molecule has 2 amide bonds. The van der Waals surface area contributed by atoms with Gasteiger partial charge in [0.1, 0.15) is 0 Å². The summed E-state index contributed by atoms with van der Waals surface area (Å²) in [5.74, 6) is -1.37. The number of amides is 2. The van der Waals surface area contributed by atoms with Crippen LogP contribution < -0.4 is 10.6 Å². The smallest absolute Gasteiger partial charge is 0.340 e. The van der Waals surface area contributed by atoms with E-state index in [1.807, 2.05) is 78.2 Å². The summed E-state index contributed by atoms with van der Waals surface area (Å²) in [6.07, 6.45) is 0.177. The second-order valence-corrected chi connectivity index (χ2v) is 8.74. The third kappa shape index (κ3) is 6.65. The Morgan fingerprint density at radius 1 is 0.771 bits per heavy atom. The number of benzene rings is 3. The molecule has 0 bridgehead atoms. The lowest BCUT2D eigenvalue weighted by atomic mass is 10.1.